The Balaban J connectivity index is 1.35. The van der Waals surface area contributed by atoms with Gasteiger partial charge in [0, 0.05) is 57.9 Å². The number of aromatic nitrogens is 4. The summed E-state index contributed by atoms with van der Waals surface area (Å²) in [5.41, 5.74) is 5.51. The van der Waals surface area contributed by atoms with Gasteiger partial charge in [0.05, 0.1) is 23.3 Å². The van der Waals surface area contributed by atoms with Crippen molar-refractivity contribution >= 4 is 17.0 Å². The first-order valence-corrected chi connectivity index (χ1v) is 9.96. The molecule has 7 nitrogen and oxygen atoms in total. The number of hydrogen-bond donors (Lipinski definition) is 1. The number of piperidine rings is 1. The first-order valence-electron chi connectivity index (χ1n) is 9.96. The van der Waals surface area contributed by atoms with Gasteiger partial charge in [-0.25, -0.2) is 9.97 Å². The summed E-state index contributed by atoms with van der Waals surface area (Å²) in [6.07, 6.45) is 8.76. The predicted molar refractivity (Wildman–Crippen MR) is 108 cm³/mol. The summed E-state index contributed by atoms with van der Waals surface area (Å²) in [7, 11) is 3.96. The van der Waals surface area contributed by atoms with Gasteiger partial charge in [-0.3, -0.25) is 9.88 Å². The highest BCUT2D eigenvalue weighted by molar-refractivity contribution is 5.78. The first kappa shape index (κ1) is 17.6. The van der Waals surface area contributed by atoms with E-state index in [4.69, 9.17) is 9.72 Å². The zero-order valence-electron chi connectivity index (χ0n) is 16.5. The van der Waals surface area contributed by atoms with Crippen molar-refractivity contribution in [3.63, 3.8) is 0 Å². The molecule has 5 rings (SSSR count). The van der Waals surface area contributed by atoms with Crippen LogP contribution in [-0.4, -0.2) is 58.6 Å². The molecule has 0 aromatic carbocycles. The van der Waals surface area contributed by atoms with Gasteiger partial charge < -0.3 is 14.6 Å². The molecule has 2 aliphatic rings. The highest BCUT2D eigenvalue weighted by atomic mass is 16.5. The maximum atomic E-state index is 6.37. The number of nitrogens with one attached hydrogen (secondary N) is 1. The molecule has 0 bridgehead atoms. The van der Waals surface area contributed by atoms with Crippen LogP contribution in [0.2, 0.25) is 0 Å². The average Bonchev–Trinajstić information content (AvgIpc) is 3.13. The smallest absolute Gasteiger partial charge is 0.225 e. The molecule has 3 aromatic heterocycles. The predicted octanol–water partition coefficient (Wildman–Crippen LogP) is 2.48. The number of ether oxygens (including phenoxy) is 1. The Labute approximate surface area is 164 Å². The number of H-pyrrole nitrogens is 1. The van der Waals surface area contributed by atoms with Crippen LogP contribution in [0.5, 0.6) is 0 Å². The van der Waals surface area contributed by atoms with Crippen LogP contribution in [0.4, 0.5) is 5.95 Å². The van der Waals surface area contributed by atoms with Gasteiger partial charge in [0.2, 0.25) is 5.95 Å². The number of pyridine rings is 1. The minimum Gasteiger partial charge on any atom is -0.368 e. The number of rotatable bonds is 3. The Hall–Kier alpha value is -2.51. The average molecular weight is 378 g/mol. The quantitative estimate of drug-likeness (QED) is 0.755. The molecule has 146 valence electrons. The van der Waals surface area contributed by atoms with Crippen molar-refractivity contribution in [2.24, 2.45) is 0 Å². The molecule has 1 fully saturated rings. The van der Waals surface area contributed by atoms with Gasteiger partial charge >= 0.3 is 0 Å². The minimum atomic E-state index is -0.268. The van der Waals surface area contributed by atoms with E-state index in [-0.39, 0.29) is 5.60 Å². The van der Waals surface area contributed by atoms with E-state index in [1.165, 1.54) is 11.1 Å². The Bertz CT molecular complexity index is 989. The lowest BCUT2D eigenvalue weighted by molar-refractivity contribution is -0.102. The number of nitrogens with zero attached hydrogens (tertiary/aromatic N) is 5. The maximum absolute atomic E-state index is 6.37. The summed E-state index contributed by atoms with van der Waals surface area (Å²) in [6, 6.07) is 4.04. The lowest BCUT2D eigenvalue weighted by atomic mass is 9.83. The van der Waals surface area contributed by atoms with Crippen LogP contribution >= 0.6 is 0 Å². The third kappa shape index (κ3) is 2.95. The van der Waals surface area contributed by atoms with Crippen LogP contribution in [0.25, 0.3) is 11.0 Å². The Morgan fingerprint density at radius 2 is 2.11 bits per heavy atom. The molecule has 0 atom stereocenters. The number of anilines is 1. The van der Waals surface area contributed by atoms with Gasteiger partial charge in [0.25, 0.3) is 0 Å². The summed E-state index contributed by atoms with van der Waals surface area (Å²) in [6.45, 7) is 3.64. The minimum absolute atomic E-state index is 0.268. The molecule has 2 aliphatic heterocycles. The first-order chi connectivity index (χ1) is 13.6. The van der Waals surface area contributed by atoms with Gasteiger partial charge in [-0.2, -0.15) is 0 Å². The molecule has 0 radical (unpaired) electrons. The largest absolute Gasteiger partial charge is 0.368 e. The van der Waals surface area contributed by atoms with Crippen molar-refractivity contribution in [3.05, 3.63) is 47.5 Å². The molecule has 1 saturated heterocycles. The van der Waals surface area contributed by atoms with E-state index in [0.717, 1.165) is 68.2 Å². The van der Waals surface area contributed by atoms with Crippen molar-refractivity contribution in [2.45, 2.75) is 31.4 Å². The molecule has 28 heavy (non-hydrogen) atoms. The van der Waals surface area contributed by atoms with Crippen LogP contribution in [0, 0.1) is 0 Å². The van der Waals surface area contributed by atoms with E-state index < -0.39 is 0 Å². The Morgan fingerprint density at radius 1 is 1.25 bits per heavy atom. The molecule has 7 heteroatoms. The summed E-state index contributed by atoms with van der Waals surface area (Å²) >= 11 is 0. The molecule has 1 N–H and O–H groups in total. The molecule has 3 aromatic rings. The van der Waals surface area contributed by atoms with E-state index >= 15 is 0 Å². The summed E-state index contributed by atoms with van der Waals surface area (Å²) in [5.74, 6) is 0.760. The Kier molecular flexibility index (Phi) is 4.29. The zero-order valence-corrected chi connectivity index (χ0v) is 16.5. The second-order valence-corrected chi connectivity index (χ2v) is 8.02. The lowest BCUT2D eigenvalue weighted by Crippen LogP contribution is -2.47. The monoisotopic (exact) mass is 378 g/mol. The number of fused-ring (bicyclic) bond motifs is 3. The van der Waals surface area contributed by atoms with Gasteiger partial charge in [-0.05, 0) is 37.0 Å². The standard InChI is InChI=1S/C21H26N6O/c1-26(2)20-24-12-15-5-11-28-21(19(15)25-20)6-9-27(10-7-21)14-16-13-23-17-4-3-8-22-18(16)17/h3-4,8,12-13,23H,5-7,9-11,14H2,1-2H3. The van der Waals surface area contributed by atoms with Crippen molar-refractivity contribution in [1.82, 2.24) is 24.8 Å². The SMILES string of the molecule is CN(C)c1ncc2c(n1)C1(CCN(Cc3c[nH]c4cccnc34)CC1)OCC2. The fraction of sp³-hybridized carbons (Fsp3) is 0.476. The molecule has 0 aliphatic carbocycles. The topological polar surface area (TPSA) is 70.2 Å². The fourth-order valence-electron chi connectivity index (χ4n) is 4.44. The third-order valence-corrected chi connectivity index (χ3v) is 6.00. The van der Waals surface area contributed by atoms with E-state index in [1.54, 1.807) is 0 Å². The van der Waals surface area contributed by atoms with E-state index in [9.17, 15) is 0 Å². The van der Waals surface area contributed by atoms with Crippen LogP contribution < -0.4 is 4.90 Å². The number of likely N-dealkylation sites (tertiary alicyclic amines) is 1. The zero-order chi connectivity index (χ0) is 19.1. The van der Waals surface area contributed by atoms with Gasteiger partial charge in [0.1, 0.15) is 5.60 Å². The van der Waals surface area contributed by atoms with Gasteiger partial charge in [-0.15, -0.1) is 0 Å². The molecule has 5 heterocycles. The molecule has 0 saturated carbocycles. The second kappa shape index (κ2) is 6.83. The fourth-order valence-corrected chi connectivity index (χ4v) is 4.44. The van der Waals surface area contributed by atoms with Crippen LogP contribution in [0.15, 0.2) is 30.7 Å². The number of hydrogen-bond acceptors (Lipinski definition) is 6. The van der Waals surface area contributed by atoms with Crippen LogP contribution in [-0.2, 0) is 23.3 Å². The van der Waals surface area contributed by atoms with E-state index in [0.29, 0.717) is 0 Å². The van der Waals surface area contributed by atoms with Gasteiger partial charge in [-0.1, -0.05) is 0 Å². The lowest BCUT2D eigenvalue weighted by Gasteiger charge is -2.44. The van der Waals surface area contributed by atoms with Gasteiger partial charge in [0.15, 0.2) is 0 Å². The molecule has 0 amide bonds. The summed E-state index contributed by atoms with van der Waals surface area (Å²) < 4.78 is 6.37. The highest BCUT2D eigenvalue weighted by Gasteiger charge is 2.42. The Morgan fingerprint density at radius 3 is 2.93 bits per heavy atom. The highest BCUT2D eigenvalue weighted by Crippen LogP contribution is 2.41. The van der Waals surface area contributed by atoms with Crippen molar-refractivity contribution < 1.29 is 4.74 Å². The molecule has 0 unspecified atom stereocenters. The number of aromatic amines is 1. The molecular weight excluding hydrogens is 352 g/mol. The molecule has 1 spiro atoms. The maximum Gasteiger partial charge on any atom is 0.225 e. The van der Waals surface area contributed by atoms with Crippen LogP contribution in [0.1, 0.15) is 29.7 Å². The van der Waals surface area contributed by atoms with Crippen molar-refractivity contribution in [1.29, 1.82) is 0 Å². The second-order valence-electron chi connectivity index (χ2n) is 8.02. The molecular formula is C21H26N6O. The van der Waals surface area contributed by atoms with Crippen molar-refractivity contribution in [2.75, 3.05) is 38.7 Å². The summed E-state index contributed by atoms with van der Waals surface area (Å²) in [4.78, 5) is 21.7. The van der Waals surface area contributed by atoms with E-state index in [1.807, 2.05) is 37.5 Å². The summed E-state index contributed by atoms with van der Waals surface area (Å²) in [5, 5.41) is 0. The van der Waals surface area contributed by atoms with Crippen molar-refractivity contribution in [3.8, 4) is 0 Å². The van der Waals surface area contributed by atoms with Crippen LogP contribution in [0.3, 0.4) is 0 Å². The third-order valence-electron chi connectivity index (χ3n) is 6.00. The van der Waals surface area contributed by atoms with E-state index in [2.05, 4.69) is 32.1 Å². The normalized spacial score (nSPS) is 19.1.